The Morgan fingerprint density at radius 3 is 2.68 bits per heavy atom. The lowest BCUT2D eigenvalue weighted by atomic mass is 10.1. The van der Waals surface area contributed by atoms with Gasteiger partial charge in [-0.05, 0) is 38.8 Å². The molecule has 2 rings (SSSR count). The van der Waals surface area contributed by atoms with E-state index in [1.165, 1.54) is 5.56 Å². The van der Waals surface area contributed by atoms with Crippen molar-refractivity contribution in [3.05, 3.63) is 29.3 Å². The zero-order valence-electron chi connectivity index (χ0n) is 17.8. The molecular weight excluding hydrogens is 467 g/mol. The number of hydrogen-bond donors (Lipinski definition) is 2. The van der Waals surface area contributed by atoms with Crippen LogP contribution in [0.3, 0.4) is 0 Å². The summed E-state index contributed by atoms with van der Waals surface area (Å²) in [6.07, 6.45) is 1.19. The van der Waals surface area contributed by atoms with Crippen LogP contribution >= 0.6 is 24.0 Å². The third-order valence-electron chi connectivity index (χ3n) is 4.70. The van der Waals surface area contributed by atoms with Gasteiger partial charge >= 0.3 is 0 Å². The summed E-state index contributed by atoms with van der Waals surface area (Å²) in [5.74, 6) is 1.79. The van der Waals surface area contributed by atoms with Gasteiger partial charge in [-0.2, -0.15) is 0 Å². The largest absolute Gasteiger partial charge is 0.490 e. The summed E-state index contributed by atoms with van der Waals surface area (Å²) < 4.78 is 11.5. The first kappa shape index (κ1) is 25.0. The van der Waals surface area contributed by atoms with Crippen LogP contribution < -0.4 is 15.4 Å². The number of rotatable bonds is 9. The Morgan fingerprint density at radius 2 is 2.00 bits per heavy atom. The van der Waals surface area contributed by atoms with E-state index >= 15 is 0 Å². The lowest BCUT2D eigenvalue weighted by Gasteiger charge is -2.26. The Labute approximate surface area is 187 Å². The third-order valence-corrected chi connectivity index (χ3v) is 4.70. The highest BCUT2D eigenvalue weighted by atomic mass is 127. The molecule has 0 bridgehead atoms. The number of aryl methyl sites for hydroxylation is 1. The zero-order chi connectivity index (χ0) is 19.5. The number of halogens is 1. The number of nitrogens with one attached hydrogen (secondary N) is 2. The molecule has 0 amide bonds. The number of nitrogens with zero attached hydrogens (tertiary/aromatic N) is 2. The molecule has 1 heterocycles. The van der Waals surface area contributed by atoms with Crippen molar-refractivity contribution in [1.29, 1.82) is 0 Å². The summed E-state index contributed by atoms with van der Waals surface area (Å²) in [5.41, 5.74) is 2.32. The molecule has 1 aliphatic rings. The summed E-state index contributed by atoms with van der Waals surface area (Å²) in [6.45, 7) is 15.4. The van der Waals surface area contributed by atoms with E-state index in [1.54, 1.807) is 0 Å². The molecule has 0 aliphatic carbocycles. The molecule has 1 fully saturated rings. The molecule has 160 valence electrons. The maximum absolute atomic E-state index is 6.10. The minimum Gasteiger partial charge on any atom is -0.490 e. The van der Waals surface area contributed by atoms with Crippen molar-refractivity contribution in [2.24, 2.45) is 4.99 Å². The Hall–Kier alpha value is -1.06. The van der Waals surface area contributed by atoms with Gasteiger partial charge in [0.1, 0.15) is 5.75 Å². The molecule has 1 unspecified atom stereocenters. The number of guanidine groups is 1. The van der Waals surface area contributed by atoms with Crippen molar-refractivity contribution in [3.8, 4) is 5.75 Å². The molecule has 1 aromatic rings. The second-order valence-electron chi connectivity index (χ2n) is 7.02. The molecule has 0 saturated carbocycles. The molecule has 1 atom stereocenters. The fraction of sp³-hybridized carbons (Fsp3) is 0.667. The fourth-order valence-electron chi connectivity index (χ4n) is 2.87. The van der Waals surface area contributed by atoms with Crippen LogP contribution in [0.1, 0.15) is 38.3 Å². The first-order valence-electron chi connectivity index (χ1n) is 10.2. The van der Waals surface area contributed by atoms with Gasteiger partial charge in [0, 0.05) is 38.3 Å². The standard InChI is InChI=1S/C21H36N4O2.HI/c1-5-18(4)27-20-15-17(3)7-8-19(20)16-24-21(22-6-2)23-9-10-25-11-13-26-14-12-25;/h7-8,15,18H,5-6,9-14,16H2,1-4H3,(H2,22,23,24);1H. The monoisotopic (exact) mass is 504 g/mol. The topological polar surface area (TPSA) is 58.1 Å². The van der Waals surface area contributed by atoms with Crippen LogP contribution in [0.5, 0.6) is 5.75 Å². The SMILES string of the molecule is CCNC(=NCc1ccc(C)cc1OC(C)CC)NCCN1CCOCC1.I. The highest BCUT2D eigenvalue weighted by molar-refractivity contribution is 14.0. The highest BCUT2D eigenvalue weighted by Crippen LogP contribution is 2.23. The number of ether oxygens (including phenoxy) is 2. The zero-order valence-corrected chi connectivity index (χ0v) is 20.1. The van der Waals surface area contributed by atoms with E-state index in [4.69, 9.17) is 14.5 Å². The smallest absolute Gasteiger partial charge is 0.191 e. The van der Waals surface area contributed by atoms with Gasteiger partial charge in [0.2, 0.25) is 0 Å². The van der Waals surface area contributed by atoms with E-state index in [0.29, 0.717) is 6.54 Å². The Bertz CT molecular complexity index is 592. The van der Waals surface area contributed by atoms with Crippen LogP contribution in [0.25, 0.3) is 0 Å². The lowest BCUT2D eigenvalue weighted by Crippen LogP contribution is -2.44. The van der Waals surface area contributed by atoms with Crippen LogP contribution in [0, 0.1) is 6.92 Å². The summed E-state index contributed by atoms with van der Waals surface area (Å²) in [6, 6.07) is 6.34. The van der Waals surface area contributed by atoms with Gasteiger partial charge in [-0.15, -0.1) is 24.0 Å². The maximum atomic E-state index is 6.10. The number of aliphatic imine (C=N–C) groups is 1. The average Bonchev–Trinajstić information content (AvgIpc) is 2.68. The molecule has 0 spiro atoms. The van der Waals surface area contributed by atoms with Gasteiger partial charge in [0.15, 0.2) is 5.96 Å². The molecule has 1 saturated heterocycles. The van der Waals surface area contributed by atoms with Crippen molar-refractivity contribution in [3.63, 3.8) is 0 Å². The molecule has 7 heteroatoms. The molecular formula is C21H37IN4O2. The summed E-state index contributed by atoms with van der Waals surface area (Å²) in [7, 11) is 0. The van der Waals surface area contributed by atoms with E-state index in [1.807, 2.05) is 0 Å². The van der Waals surface area contributed by atoms with Crippen molar-refractivity contribution < 1.29 is 9.47 Å². The Balaban J connectivity index is 0.00000392. The number of benzene rings is 1. The maximum Gasteiger partial charge on any atom is 0.191 e. The normalized spacial score (nSPS) is 16.2. The second-order valence-corrected chi connectivity index (χ2v) is 7.02. The summed E-state index contributed by atoms with van der Waals surface area (Å²) in [5, 5.41) is 6.76. The first-order chi connectivity index (χ1) is 13.1. The van der Waals surface area contributed by atoms with Crippen molar-refractivity contribution in [1.82, 2.24) is 15.5 Å². The fourth-order valence-corrected chi connectivity index (χ4v) is 2.87. The summed E-state index contributed by atoms with van der Waals surface area (Å²) in [4.78, 5) is 7.18. The predicted octanol–water partition coefficient (Wildman–Crippen LogP) is 3.18. The highest BCUT2D eigenvalue weighted by Gasteiger charge is 2.10. The van der Waals surface area contributed by atoms with Crippen LogP contribution in [-0.4, -0.2) is 62.9 Å². The van der Waals surface area contributed by atoms with E-state index in [0.717, 1.165) is 69.6 Å². The molecule has 1 aromatic carbocycles. The molecule has 0 radical (unpaired) electrons. The quantitative estimate of drug-likeness (QED) is 0.308. The lowest BCUT2D eigenvalue weighted by molar-refractivity contribution is 0.0389. The Kier molecular flexibility index (Phi) is 12.5. The van der Waals surface area contributed by atoms with Crippen molar-refractivity contribution in [2.45, 2.75) is 46.8 Å². The van der Waals surface area contributed by atoms with Crippen molar-refractivity contribution >= 4 is 29.9 Å². The van der Waals surface area contributed by atoms with Gasteiger partial charge in [-0.1, -0.05) is 19.1 Å². The van der Waals surface area contributed by atoms with Gasteiger partial charge in [-0.3, -0.25) is 4.90 Å². The molecule has 1 aliphatic heterocycles. The molecule has 6 nitrogen and oxygen atoms in total. The minimum absolute atomic E-state index is 0. The number of morpholine rings is 1. The predicted molar refractivity (Wildman–Crippen MR) is 127 cm³/mol. The average molecular weight is 504 g/mol. The van der Waals surface area contributed by atoms with E-state index < -0.39 is 0 Å². The van der Waals surface area contributed by atoms with Crippen LogP contribution in [-0.2, 0) is 11.3 Å². The first-order valence-corrected chi connectivity index (χ1v) is 10.2. The van der Waals surface area contributed by atoms with E-state index in [2.05, 4.69) is 61.4 Å². The van der Waals surface area contributed by atoms with E-state index in [9.17, 15) is 0 Å². The Morgan fingerprint density at radius 1 is 1.25 bits per heavy atom. The number of hydrogen-bond acceptors (Lipinski definition) is 4. The van der Waals surface area contributed by atoms with Gasteiger partial charge in [0.25, 0.3) is 0 Å². The molecule has 0 aromatic heterocycles. The second kappa shape index (κ2) is 14.0. The van der Waals surface area contributed by atoms with Crippen LogP contribution in [0.15, 0.2) is 23.2 Å². The van der Waals surface area contributed by atoms with Gasteiger partial charge in [0.05, 0.1) is 25.9 Å². The van der Waals surface area contributed by atoms with Gasteiger partial charge < -0.3 is 20.1 Å². The van der Waals surface area contributed by atoms with Crippen LogP contribution in [0.2, 0.25) is 0 Å². The van der Waals surface area contributed by atoms with Crippen LogP contribution in [0.4, 0.5) is 0 Å². The molecule has 28 heavy (non-hydrogen) atoms. The van der Waals surface area contributed by atoms with Crippen molar-refractivity contribution in [2.75, 3.05) is 45.9 Å². The summed E-state index contributed by atoms with van der Waals surface area (Å²) >= 11 is 0. The molecule has 2 N–H and O–H groups in total. The minimum atomic E-state index is 0. The van der Waals surface area contributed by atoms with Gasteiger partial charge in [-0.25, -0.2) is 4.99 Å². The third kappa shape index (κ3) is 8.96. The van der Waals surface area contributed by atoms with E-state index in [-0.39, 0.29) is 30.1 Å².